The van der Waals surface area contributed by atoms with Gasteiger partial charge in [0.2, 0.25) is 0 Å². The van der Waals surface area contributed by atoms with Crippen molar-refractivity contribution in [2.75, 3.05) is 6.54 Å². The molecule has 0 aromatic carbocycles. The topological polar surface area (TPSA) is 123 Å². The summed E-state index contributed by atoms with van der Waals surface area (Å²) in [5.74, 6) is -1.22. The molecule has 2 unspecified atom stereocenters. The first-order valence-corrected chi connectivity index (χ1v) is 13.4. The maximum absolute atomic E-state index is 12.1. The van der Waals surface area contributed by atoms with Gasteiger partial charge in [-0.05, 0) is 59.7 Å². The van der Waals surface area contributed by atoms with Gasteiger partial charge in [0.25, 0.3) is 0 Å². The fourth-order valence-corrected chi connectivity index (χ4v) is 3.58. The average molecular weight is 463 g/mol. The molecule has 3 N–H and O–H groups in total. The monoisotopic (exact) mass is 462 g/mol. The van der Waals surface area contributed by atoms with Crippen molar-refractivity contribution >= 4 is 26.5 Å². The molecule has 31 heavy (non-hydrogen) atoms. The molecule has 0 fully saturated rings. The van der Waals surface area contributed by atoms with Gasteiger partial charge in [0.15, 0.2) is 8.32 Å². The molecular formula is C21H42N2O7Si. The number of carbonyl (C=O) groups is 3. The summed E-state index contributed by atoms with van der Waals surface area (Å²) in [6, 6.07) is -1.25. The maximum Gasteiger partial charge on any atom is 0.408 e. The summed E-state index contributed by atoms with van der Waals surface area (Å²) < 4.78 is 16.8. The molecule has 182 valence electrons. The number of rotatable bonds is 8. The van der Waals surface area contributed by atoms with Crippen LogP contribution in [0.5, 0.6) is 0 Å². The van der Waals surface area contributed by atoms with Gasteiger partial charge in [-0.1, -0.05) is 20.8 Å². The van der Waals surface area contributed by atoms with Crippen molar-refractivity contribution in [3.05, 3.63) is 0 Å². The van der Waals surface area contributed by atoms with E-state index >= 15 is 0 Å². The van der Waals surface area contributed by atoms with Crippen LogP contribution < -0.4 is 10.6 Å². The molecule has 2 amide bonds. The molecule has 0 rings (SSSR count). The summed E-state index contributed by atoms with van der Waals surface area (Å²) in [5, 5.41) is 14.5. The molecule has 10 heteroatoms. The molecule has 0 bridgehead atoms. The zero-order valence-electron chi connectivity index (χ0n) is 21.0. The molecule has 0 saturated carbocycles. The average Bonchev–Trinajstić information content (AvgIpc) is 2.46. The number of nitrogens with one attached hydrogen (secondary N) is 2. The minimum absolute atomic E-state index is 0.0429. The normalized spacial score (nSPS) is 14.9. The molecule has 0 aromatic heterocycles. The van der Waals surface area contributed by atoms with Gasteiger partial charge in [0.1, 0.15) is 17.2 Å². The third-order valence-electron chi connectivity index (χ3n) is 4.63. The van der Waals surface area contributed by atoms with Crippen LogP contribution in [0.4, 0.5) is 9.59 Å². The van der Waals surface area contributed by atoms with E-state index in [1.54, 1.807) is 41.5 Å². The van der Waals surface area contributed by atoms with E-state index in [-0.39, 0.29) is 18.0 Å². The zero-order chi connectivity index (χ0) is 24.8. The Balaban J connectivity index is 5.46. The van der Waals surface area contributed by atoms with E-state index in [1.807, 2.05) is 13.1 Å². The van der Waals surface area contributed by atoms with E-state index in [4.69, 9.17) is 13.9 Å². The lowest BCUT2D eigenvalue weighted by Crippen LogP contribution is -2.51. The van der Waals surface area contributed by atoms with Gasteiger partial charge in [-0.3, -0.25) is 0 Å². The summed E-state index contributed by atoms with van der Waals surface area (Å²) in [7, 11) is -2.30. The van der Waals surface area contributed by atoms with Gasteiger partial charge >= 0.3 is 18.2 Å². The summed E-state index contributed by atoms with van der Waals surface area (Å²) in [5.41, 5.74) is -1.43. The Bertz CT molecular complexity index is 631. The second-order valence-electron chi connectivity index (χ2n) is 11.2. The lowest BCUT2D eigenvalue weighted by Gasteiger charge is -2.40. The fourth-order valence-electron chi connectivity index (χ4n) is 2.21. The Labute approximate surface area is 187 Å². The number of hydrogen-bond donors (Lipinski definition) is 3. The van der Waals surface area contributed by atoms with Crippen LogP contribution >= 0.6 is 0 Å². The molecule has 0 radical (unpaired) electrons. The Kier molecular flexibility index (Phi) is 10.0. The number of hydrogen-bond acceptors (Lipinski definition) is 6. The first kappa shape index (κ1) is 29.2. The molecule has 0 aromatic rings. The standard InChI is InChI=1S/C21H42N2O7Si/c1-19(2,3)28-17(26)22-13-14(30-31(10,11)21(7,8)9)12-15(16(24)25)23-18(27)29-20(4,5)6/h14-15H,12-13H2,1-11H3,(H,22,26)(H,23,27)(H,24,25). The van der Waals surface area contributed by atoms with E-state index in [9.17, 15) is 19.5 Å². The minimum atomic E-state index is -2.30. The van der Waals surface area contributed by atoms with E-state index in [1.165, 1.54) is 0 Å². The van der Waals surface area contributed by atoms with Crippen LogP contribution in [0.25, 0.3) is 0 Å². The quantitative estimate of drug-likeness (QED) is 0.460. The van der Waals surface area contributed by atoms with Gasteiger partial charge in [-0.15, -0.1) is 0 Å². The van der Waals surface area contributed by atoms with Crippen LogP contribution in [-0.4, -0.2) is 61.5 Å². The molecule has 0 aliphatic heterocycles. The molecule has 0 aliphatic rings. The van der Waals surface area contributed by atoms with Crippen LogP contribution in [0, 0.1) is 0 Å². The van der Waals surface area contributed by atoms with Crippen molar-refractivity contribution in [1.29, 1.82) is 0 Å². The highest BCUT2D eigenvalue weighted by Gasteiger charge is 2.40. The van der Waals surface area contributed by atoms with E-state index in [0.717, 1.165) is 0 Å². The zero-order valence-corrected chi connectivity index (χ0v) is 22.0. The third kappa shape index (κ3) is 12.6. The van der Waals surface area contributed by atoms with Crippen molar-refractivity contribution in [2.24, 2.45) is 0 Å². The van der Waals surface area contributed by atoms with E-state index in [0.29, 0.717) is 0 Å². The number of carboxylic acids is 1. The smallest absolute Gasteiger partial charge is 0.408 e. The summed E-state index contributed by atoms with van der Waals surface area (Å²) in [6.07, 6.45) is -2.14. The number of carboxylic acid groups (broad SMARTS) is 1. The second-order valence-corrected chi connectivity index (χ2v) is 15.9. The Morgan fingerprint density at radius 3 is 1.71 bits per heavy atom. The molecular weight excluding hydrogens is 420 g/mol. The number of ether oxygens (including phenoxy) is 2. The Morgan fingerprint density at radius 2 is 1.32 bits per heavy atom. The van der Waals surface area contributed by atoms with Gasteiger partial charge in [0, 0.05) is 13.0 Å². The lowest BCUT2D eigenvalue weighted by atomic mass is 10.1. The van der Waals surface area contributed by atoms with Crippen molar-refractivity contribution in [3.63, 3.8) is 0 Å². The van der Waals surface area contributed by atoms with Crippen LogP contribution in [0.15, 0.2) is 0 Å². The summed E-state index contributed by atoms with van der Waals surface area (Å²) in [4.78, 5) is 36.0. The number of aliphatic carboxylic acids is 1. The van der Waals surface area contributed by atoms with E-state index in [2.05, 4.69) is 31.4 Å². The Hall–Kier alpha value is -1.81. The first-order valence-electron chi connectivity index (χ1n) is 10.5. The number of carbonyl (C=O) groups excluding carboxylic acids is 2. The van der Waals surface area contributed by atoms with Crippen molar-refractivity contribution in [1.82, 2.24) is 10.6 Å². The summed E-state index contributed by atoms with van der Waals surface area (Å²) in [6.45, 7) is 20.6. The molecule has 2 atom stereocenters. The minimum Gasteiger partial charge on any atom is -0.480 e. The van der Waals surface area contributed by atoms with Crippen LogP contribution in [-0.2, 0) is 18.7 Å². The highest BCUT2D eigenvalue weighted by molar-refractivity contribution is 6.74. The molecule has 0 heterocycles. The number of alkyl carbamates (subject to hydrolysis) is 2. The SMILES string of the molecule is CC(C)(C)OC(=O)NCC(CC(NC(=O)OC(C)(C)C)C(=O)O)O[Si](C)(C)C(C)(C)C. The van der Waals surface area contributed by atoms with Crippen molar-refractivity contribution in [3.8, 4) is 0 Å². The molecule has 0 saturated heterocycles. The van der Waals surface area contributed by atoms with Gasteiger partial charge in [-0.2, -0.15) is 0 Å². The van der Waals surface area contributed by atoms with Crippen LogP contribution in [0.3, 0.4) is 0 Å². The molecule has 0 spiro atoms. The second kappa shape index (κ2) is 10.7. The maximum atomic E-state index is 12.1. The lowest BCUT2D eigenvalue weighted by molar-refractivity contribution is -0.140. The van der Waals surface area contributed by atoms with Crippen LogP contribution in [0.2, 0.25) is 18.1 Å². The highest BCUT2D eigenvalue weighted by atomic mass is 28.4. The molecule has 0 aliphatic carbocycles. The van der Waals surface area contributed by atoms with E-state index < -0.39 is 49.8 Å². The third-order valence-corrected chi connectivity index (χ3v) is 9.16. The van der Waals surface area contributed by atoms with Crippen LogP contribution in [0.1, 0.15) is 68.7 Å². The predicted octanol–water partition coefficient (Wildman–Crippen LogP) is 4.27. The highest BCUT2D eigenvalue weighted by Crippen LogP contribution is 2.37. The predicted molar refractivity (Wildman–Crippen MR) is 122 cm³/mol. The largest absolute Gasteiger partial charge is 0.480 e. The fraction of sp³-hybridized carbons (Fsp3) is 0.857. The molecule has 9 nitrogen and oxygen atoms in total. The van der Waals surface area contributed by atoms with Gasteiger partial charge in [0.05, 0.1) is 6.10 Å². The van der Waals surface area contributed by atoms with Crippen molar-refractivity contribution in [2.45, 2.75) is 110 Å². The van der Waals surface area contributed by atoms with Crippen molar-refractivity contribution < 1.29 is 33.4 Å². The van der Waals surface area contributed by atoms with Gasteiger partial charge < -0.3 is 29.6 Å². The first-order chi connectivity index (χ1) is 13.6. The Morgan fingerprint density at radius 1 is 0.871 bits per heavy atom. The number of amides is 2. The van der Waals surface area contributed by atoms with Gasteiger partial charge in [-0.25, -0.2) is 14.4 Å². The summed E-state index contributed by atoms with van der Waals surface area (Å²) >= 11 is 0.